The predicted octanol–water partition coefficient (Wildman–Crippen LogP) is 6.22. The van der Waals surface area contributed by atoms with Crippen molar-refractivity contribution in [3.63, 3.8) is 0 Å². The molecule has 7 heteroatoms. The molecule has 2 spiro atoms. The van der Waals surface area contributed by atoms with E-state index in [0.29, 0.717) is 16.1 Å². The molecule has 190 valence electrons. The van der Waals surface area contributed by atoms with Crippen LogP contribution in [0.15, 0.2) is 97.1 Å². The molecule has 0 amide bonds. The fourth-order valence-electron chi connectivity index (χ4n) is 6.62. The molecule has 1 aliphatic heterocycles. The number of carbonyl (C=O) groups is 4. The normalized spacial score (nSPS) is 22.1. The van der Waals surface area contributed by atoms with Crippen molar-refractivity contribution in [2.24, 2.45) is 5.41 Å². The highest BCUT2D eigenvalue weighted by Crippen LogP contribution is 2.67. The Labute approximate surface area is 227 Å². The van der Waals surface area contributed by atoms with Gasteiger partial charge in [0, 0.05) is 27.3 Å². The van der Waals surface area contributed by atoms with Gasteiger partial charge in [0.05, 0.1) is 5.92 Å². The lowest BCUT2D eigenvalue weighted by Crippen LogP contribution is -2.51. The average Bonchev–Trinajstić information content (AvgIpc) is 3.48. The number of ketones is 4. The van der Waals surface area contributed by atoms with E-state index in [4.69, 9.17) is 16.3 Å². The van der Waals surface area contributed by atoms with Crippen LogP contribution in [0.5, 0.6) is 0 Å². The number of rotatable bonds is 2. The maximum Gasteiger partial charge on any atom is 0.204 e. The summed E-state index contributed by atoms with van der Waals surface area (Å²) in [6.45, 7) is 0. The lowest BCUT2D eigenvalue weighted by atomic mass is 9.60. The first-order chi connectivity index (χ1) is 18.8. The van der Waals surface area contributed by atoms with Crippen molar-refractivity contribution < 1.29 is 28.3 Å². The van der Waals surface area contributed by atoms with E-state index in [1.807, 2.05) is 0 Å². The monoisotopic (exact) mass is 536 g/mol. The summed E-state index contributed by atoms with van der Waals surface area (Å²) in [5.41, 5.74) is -2.84. The summed E-state index contributed by atoms with van der Waals surface area (Å²) < 4.78 is 20.5. The van der Waals surface area contributed by atoms with Crippen LogP contribution in [0.1, 0.15) is 64.6 Å². The van der Waals surface area contributed by atoms with E-state index in [1.165, 1.54) is 36.4 Å². The average molecular weight is 537 g/mol. The van der Waals surface area contributed by atoms with Crippen LogP contribution in [0.25, 0.3) is 0 Å². The van der Waals surface area contributed by atoms with Crippen LogP contribution >= 0.6 is 11.6 Å². The van der Waals surface area contributed by atoms with Crippen LogP contribution in [0.2, 0.25) is 5.02 Å². The minimum absolute atomic E-state index is 0.159. The summed E-state index contributed by atoms with van der Waals surface area (Å²) >= 11 is 6.19. The van der Waals surface area contributed by atoms with Crippen LogP contribution in [0, 0.1) is 11.2 Å². The van der Waals surface area contributed by atoms with Crippen LogP contribution < -0.4 is 0 Å². The number of Topliss-reactive ketones (excluding diaryl/α,β-unsaturated/α-hetero) is 4. The van der Waals surface area contributed by atoms with Gasteiger partial charge >= 0.3 is 0 Å². The Bertz CT molecular complexity index is 1670. The molecule has 0 radical (unpaired) electrons. The topological polar surface area (TPSA) is 77.5 Å². The van der Waals surface area contributed by atoms with Gasteiger partial charge in [0.2, 0.25) is 17.2 Å². The molecule has 7 rings (SSSR count). The van der Waals surface area contributed by atoms with E-state index in [2.05, 4.69) is 0 Å². The zero-order valence-corrected chi connectivity index (χ0v) is 20.9. The summed E-state index contributed by atoms with van der Waals surface area (Å²) in [4.78, 5) is 57.6. The Morgan fingerprint density at radius 3 is 1.51 bits per heavy atom. The highest BCUT2D eigenvalue weighted by atomic mass is 35.5. The first-order valence-corrected chi connectivity index (χ1v) is 12.8. The number of benzene rings is 4. The van der Waals surface area contributed by atoms with Crippen molar-refractivity contribution in [2.45, 2.75) is 17.6 Å². The molecule has 0 bridgehead atoms. The lowest BCUT2D eigenvalue weighted by molar-refractivity contribution is -0.0210. The summed E-state index contributed by atoms with van der Waals surface area (Å²) in [5, 5.41) is 0.399. The van der Waals surface area contributed by atoms with Crippen LogP contribution in [0.3, 0.4) is 0 Å². The maximum atomic E-state index is 14.5. The zero-order chi connectivity index (χ0) is 27.1. The number of ether oxygens (including phenoxy) is 1. The third kappa shape index (κ3) is 2.87. The summed E-state index contributed by atoms with van der Waals surface area (Å²) in [7, 11) is 0. The highest BCUT2D eigenvalue weighted by Gasteiger charge is 2.79. The molecular formula is C32H18ClFO5. The van der Waals surface area contributed by atoms with Gasteiger partial charge < -0.3 is 4.74 Å². The van der Waals surface area contributed by atoms with Gasteiger partial charge in [-0.25, -0.2) is 4.39 Å². The van der Waals surface area contributed by atoms with Gasteiger partial charge in [-0.1, -0.05) is 84.4 Å². The standard InChI is InChI=1S/C32H18ClFO5/c33-19-13-9-17(10-14-19)25-31(26(35)21-5-1-2-6-22(21)27(31)36)30(18-11-15-20(34)16-12-18)39-32(25)28(37)23-7-3-4-8-24(23)29(32)38/h1-16,25,30H/t25-,30+/m1/s1. The van der Waals surface area contributed by atoms with Crippen molar-refractivity contribution in [3.05, 3.63) is 141 Å². The van der Waals surface area contributed by atoms with E-state index in [9.17, 15) is 23.6 Å². The molecule has 0 saturated carbocycles. The Morgan fingerprint density at radius 1 is 0.590 bits per heavy atom. The van der Waals surface area contributed by atoms with Gasteiger partial charge in [-0.3, -0.25) is 19.2 Å². The van der Waals surface area contributed by atoms with Crippen LogP contribution in [-0.4, -0.2) is 28.7 Å². The Balaban J connectivity index is 1.59. The largest absolute Gasteiger partial charge is 0.348 e. The fourth-order valence-corrected chi connectivity index (χ4v) is 6.75. The van der Waals surface area contributed by atoms with Crippen LogP contribution in [-0.2, 0) is 4.74 Å². The maximum absolute atomic E-state index is 14.5. The zero-order valence-electron chi connectivity index (χ0n) is 20.2. The van der Waals surface area contributed by atoms with Gasteiger partial charge in [-0.05, 0) is 35.4 Å². The molecule has 4 aromatic carbocycles. The Morgan fingerprint density at radius 2 is 1.03 bits per heavy atom. The molecular weight excluding hydrogens is 519 g/mol. The van der Waals surface area contributed by atoms with Crippen molar-refractivity contribution in [2.75, 3.05) is 0 Å². The Kier molecular flexibility index (Phi) is 4.96. The highest BCUT2D eigenvalue weighted by molar-refractivity contribution is 6.37. The third-order valence-electron chi connectivity index (χ3n) is 8.21. The first-order valence-electron chi connectivity index (χ1n) is 12.4. The second kappa shape index (κ2) is 8.12. The van der Waals surface area contributed by atoms with Gasteiger partial charge in [-0.2, -0.15) is 0 Å². The molecule has 1 heterocycles. The molecule has 1 saturated heterocycles. The third-order valence-corrected chi connectivity index (χ3v) is 8.47. The van der Waals surface area contributed by atoms with Crippen molar-refractivity contribution in [1.82, 2.24) is 0 Å². The molecule has 4 aromatic rings. The summed E-state index contributed by atoms with van der Waals surface area (Å²) in [5.74, 6) is -4.19. The molecule has 2 aliphatic carbocycles. The van der Waals surface area contributed by atoms with Gasteiger partial charge in [0.25, 0.3) is 0 Å². The van der Waals surface area contributed by atoms with Crippen molar-refractivity contribution in [1.29, 1.82) is 0 Å². The molecule has 1 fully saturated rings. The quantitative estimate of drug-likeness (QED) is 0.284. The number of carbonyl (C=O) groups excluding carboxylic acids is 4. The molecule has 39 heavy (non-hydrogen) atoms. The minimum Gasteiger partial charge on any atom is -0.348 e. The second-order valence-corrected chi connectivity index (χ2v) is 10.5. The van der Waals surface area contributed by atoms with E-state index in [-0.39, 0.29) is 22.3 Å². The molecule has 0 aromatic heterocycles. The molecule has 0 unspecified atom stereocenters. The van der Waals surface area contributed by atoms with E-state index < -0.39 is 52.0 Å². The number of fused-ring (bicyclic) bond motifs is 2. The lowest BCUT2D eigenvalue weighted by Gasteiger charge is -2.34. The number of hydrogen-bond acceptors (Lipinski definition) is 5. The van der Waals surface area contributed by atoms with E-state index in [1.54, 1.807) is 60.7 Å². The summed E-state index contributed by atoms with van der Waals surface area (Å²) in [6, 6.07) is 24.4. The molecule has 5 nitrogen and oxygen atoms in total. The second-order valence-electron chi connectivity index (χ2n) is 10.0. The predicted molar refractivity (Wildman–Crippen MR) is 140 cm³/mol. The molecule has 0 N–H and O–H groups in total. The smallest absolute Gasteiger partial charge is 0.204 e. The van der Waals surface area contributed by atoms with E-state index in [0.717, 1.165) is 0 Å². The molecule has 3 aliphatic rings. The van der Waals surface area contributed by atoms with E-state index >= 15 is 0 Å². The van der Waals surface area contributed by atoms with Gasteiger partial charge in [0.15, 0.2) is 11.6 Å². The minimum atomic E-state index is -2.20. The SMILES string of the molecule is O=C1c2ccccc2C(=O)C12O[C@@H](c1ccc(F)cc1)C1(C(=O)c3ccccc3C1=O)[C@H]2c1ccc(Cl)cc1. The van der Waals surface area contributed by atoms with Gasteiger partial charge in [-0.15, -0.1) is 0 Å². The van der Waals surface area contributed by atoms with Crippen molar-refractivity contribution in [3.8, 4) is 0 Å². The van der Waals surface area contributed by atoms with Crippen LogP contribution in [0.4, 0.5) is 4.39 Å². The number of hydrogen-bond donors (Lipinski definition) is 0. The number of halogens is 2. The van der Waals surface area contributed by atoms with Gasteiger partial charge in [0.1, 0.15) is 17.3 Å². The molecule has 2 atom stereocenters. The summed E-state index contributed by atoms with van der Waals surface area (Å²) in [6.07, 6.45) is -1.35. The fraction of sp³-hybridized carbons (Fsp3) is 0.125. The first kappa shape index (κ1) is 23.8. The van der Waals surface area contributed by atoms with Crippen molar-refractivity contribution >= 4 is 34.7 Å². The Hall–Kier alpha value is -4.26.